The molecule has 0 atom stereocenters. The maximum Gasteiger partial charge on any atom is 0.209 e. The van der Waals surface area contributed by atoms with Crippen LogP contribution in [0.4, 0.5) is 0 Å². The topological polar surface area (TPSA) is 54.4 Å². The summed E-state index contributed by atoms with van der Waals surface area (Å²) in [6.07, 6.45) is 5.27. The van der Waals surface area contributed by atoms with E-state index in [1.165, 1.54) is 0 Å². The van der Waals surface area contributed by atoms with Crippen LogP contribution in [0.2, 0.25) is 0 Å². The Bertz CT molecular complexity index is 565. The summed E-state index contributed by atoms with van der Waals surface area (Å²) in [5.74, 6) is 0. The highest BCUT2D eigenvalue weighted by Crippen LogP contribution is 2.22. The minimum Gasteiger partial charge on any atom is -0.392 e. The lowest BCUT2D eigenvalue weighted by Crippen LogP contribution is -2.04. The summed E-state index contributed by atoms with van der Waals surface area (Å²) < 4.78 is 24.6. The van der Waals surface area contributed by atoms with Gasteiger partial charge in [0.1, 0.15) is 0 Å². The highest BCUT2D eigenvalue weighted by atomic mass is 32.2. The molecule has 0 aliphatic rings. The molecule has 1 N–H and O–H groups in total. The zero-order valence-corrected chi connectivity index (χ0v) is 11.6. The lowest BCUT2D eigenvalue weighted by atomic mass is 10.2. The molecule has 4 heteroatoms. The molecule has 0 saturated heterocycles. The van der Waals surface area contributed by atoms with Crippen LogP contribution in [-0.2, 0) is 9.84 Å². The first-order valence-corrected chi connectivity index (χ1v) is 7.56. The second kappa shape index (κ2) is 7.74. The van der Waals surface area contributed by atoms with E-state index in [2.05, 4.69) is 12.3 Å². The maximum atomic E-state index is 12.3. The molecule has 0 radical (unpaired) electrons. The average Bonchev–Trinajstić information content (AvgIpc) is 2.43. The fraction of sp³-hybridized carbons (Fsp3) is 0.267. The highest BCUT2D eigenvalue weighted by molar-refractivity contribution is 7.95. The van der Waals surface area contributed by atoms with Crippen LogP contribution in [0.15, 0.2) is 64.6 Å². The zero-order valence-electron chi connectivity index (χ0n) is 10.7. The molecule has 0 aromatic heterocycles. The first-order chi connectivity index (χ1) is 9.12. The van der Waals surface area contributed by atoms with Crippen LogP contribution in [0.3, 0.4) is 0 Å². The minimum atomic E-state index is -3.47. The summed E-state index contributed by atoms with van der Waals surface area (Å²) in [4.78, 5) is 0.489. The van der Waals surface area contributed by atoms with Crippen molar-refractivity contribution in [1.29, 1.82) is 0 Å². The molecule has 0 aliphatic carbocycles. The van der Waals surface area contributed by atoms with E-state index in [-0.39, 0.29) is 16.4 Å². The molecule has 0 heterocycles. The molecular weight excluding hydrogens is 260 g/mol. The van der Waals surface area contributed by atoms with Gasteiger partial charge in [-0.3, -0.25) is 0 Å². The normalized spacial score (nSPS) is 11.4. The van der Waals surface area contributed by atoms with E-state index < -0.39 is 9.84 Å². The maximum absolute atomic E-state index is 12.3. The molecule has 102 valence electrons. The van der Waals surface area contributed by atoms with Crippen LogP contribution in [0.1, 0.15) is 19.3 Å². The van der Waals surface area contributed by atoms with E-state index in [0.29, 0.717) is 12.8 Å². The van der Waals surface area contributed by atoms with E-state index in [4.69, 9.17) is 5.11 Å². The summed E-state index contributed by atoms with van der Waals surface area (Å²) in [5.41, 5.74) is 2.54. The molecule has 0 saturated carbocycles. The van der Waals surface area contributed by atoms with E-state index in [0.717, 1.165) is 6.42 Å². The first kappa shape index (κ1) is 15.4. The van der Waals surface area contributed by atoms with Gasteiger partial charge in [-0.15, -0.1) is 5.73 Å². The Balaban J connectivity index is 2.76. The molecule has 0 bridgehead atoms. The van der Waals surface area contributed by atoms with Crippen molar-refractivity contribution >= 4 is 9.84 Å². The van der Waals surface area contributed by atoms with Crippen LogP contribution in [0, 0.1) is 0 Å². The van der Waals surface area contributed by atoms with Crippen LogP contribution < -0.4 is 0 Å². The van der Waals surface area contributed by atoms with Gasteiger partial charge in [-0.2, -0.15) is 0 Å². The molecule has 1 aromatic carbocycles. The summed E-state index contributed by atoms with van der Waals surface area (Å²) in [7, 11) is -3.47. The third-order valence-electron chi connectivity index (χ3n) is 2.62. The highest BCUT2D eigenvalue weighted by Gasteiger charge is 2.19. The molecule has 19 heavy (non-hydrogen) atoms. The Hall–Kier alpha value is -1.61. The first-order valence-electron chi connectivity index (χ1n) is 6.08. The smallest absolute Gasteiger partial charge is 0.209 e. The van der Waals surface area contributed by atoms with Gasteiger partial charge in [0.25, 0.3) is 0 Å². The Morgan fingerprint density at radius 1 is 1.26 bits per heavy atom. The second-order valence-electron chi connectivity index (χ2n) is 3.96. The lowest BCUT2D eigenvalue weighted by molar-refractivity contribution is 0.342. The van der Waals surface area contributed by atoms with Gasteiger partial charge in [-0.1, -0.05) is 36.9 Å². The number of aliphatic hydroxyl groups excluding tert-OH is 1. The van der Waals surface area contributed by atoms with Crippen molar-refractivity contribution < 1.29 is 13.5 Å². The van der Waals surface area contributed by atoms with Gasteiger partial charge < -0.3 is 5.11 Å². The van der Waals surface area contributed by atoms with Crippen LogP contribution in [0.5, 0.6) is 0 Å². The van der Waals surface area contributed by atoms with Gasteiger partial charge >= 0.3 is 0 Å². The van der Waals surface area contributed by atoms with Crippen LogP contribution in [0.25, 0.3) is 0 Å². The predicted octanol–water partition coefficient (Wildman–Crippen LogP) is 2.85. The van der Waals surface area contributed by atoms with Gasteiger partial charge in [-0.05, 0) is 31.4 Å². The summed E-state index contributed by atoms with van der Waals surface area (Å²) in [6.45, 7) is 3.48. The Kier molecular flexibility index (Phi) is 6.30. The number of hydrogen-bond donors (Lipinski definition) is 1. The summed E-state index contributed by atoms with van der Waals surface area (Å²) in [6, 6.07) is 8.29. The SMILES string of the molecule is C=C=C(CCC/C=C\CO)S(=O)(=O)c1ccccc1. The van der Waals surface area contributed by atoms with Crippen molar-refractivity contribution in [2.75, 3.05) is 6.61 Å². The molecule has 0 fully saturated rings. The monoisotopic (exact) mass is 278 g/mol. The van der Waals surface area contributed by atoms with Gasteiger partial charge in [0.15, 0.2) is 0 Å². The van der Waals surface area contributed by atoms with Crippen LogP contribution in [-0.4, -0.2) is 20.1 Å². The third-order valence-corrected chi connectivity index (χ3v) is 4.51. The van der Waals surface area contributed by atoms with E-state index in [1.807, 2.05) is 6.08 Å². The van der Waals surface area contributed by atoms with Crippen molar-refractivity contribution in [3.05, 3.63) is 59.7 Å². The number of aliphatic hydroxyl groups is 1. The zero-order chi connectivity index (χ0) is 14.1. The van der Waals surface area contributed by atoms with Gasteiger partial charge in [-0.25, -0.2) is 8.42 Å². The molecular formula is C15H18O3S. The third kappa shape index (κ3) is 4.52. The minimum absolute atomic E-state index is 0.00642. The largest absolute Gasteiger partial charge is 0.392 e. The van der Waals surface area contributed by atoms with E-state index in [9.17, 15) is 8.42 Å². The van der Waals surface area contributed by atoms with Gasteiger partial charge in [0.2, 0.25) is 9.84 Å². The Morgan fingerprint density at radius 2 is 1.95 bits per heavy atom. The molecule has 0 amide bonds. The molecule has 0 spiro atoms. The number of hydrogen-bond acceptors (Lipinski definition) is 3. The number of unbranched alkanes of at least 4 members (excludes halogenated alkanes) is 1. The fourth-order valence-corrected chi connectivity index (χ4v) is 3.04. The number of allylic oxidation sites excluding steroid dienone is 2. The average molecular weight is 278 g/mol. The lowest BCUT2D eigenvalue weighted by Gasteiger charge is -2.06. The summed E-state index contributed by atoms with van der Waals surface area (Å²) >= 11 is 0. The Labute approximate surface area is 114 Å². The van der Waals surface area contributed by atoms with Crippen molar-refractivity contribution in [2.45, 2.75) is 24.2 Å². The predicted molar refractivity (Wildman–Crippen MR) is 76.4 cm³/mol. The van der Waals surface area contributed by atoms with E-state index in [1.54, 1.807) is 36.4 Å². The summed E-state index contributed by atoms with van der Waals surface area (Å²) in [5, 5.41) is 8.59. The molecule has 0 aliphatic heterocycles. The number of rotatable bonds is 7. The van der Waals surface area contributed by atoms with E-state index >= 15 is 0 Å². The quantitative estimate of drug-likeness (QED) is 0.474. The Morgan fingerprint density at radius 3 is 2.53 bits per heavy atom. The van der Waals surface area contributed by atoms with Crippen molar-refractivity contribution in [3.63, 3.8) is 0 Å². The molecule has 1 aromatic rings. The van der Waals surface area contributed by atoms with Gasteiger partial charge in [0, 0.05) is 0 Å². The molecule has 0 unspecified atom stereocenters. The fourth-order valence-electron chi connectivity index (χ4n) is 1.63. The number of benzene rings is 1. The van der Waals surface area contributed by atoms with Crippen molar-refractivity contribution in [1.82, 2.24) is 0 Å². The van der Waals surface area contributed by atoms with Crippen molar-refractivity contribution in [3.8, 4) is 0 Å². The van der Waals surface area contributed by atoms with Crippen LogP contribution >= 0.6 is 0 Å². The van der Waals surface area contributed by atoms with Gasteiger partial charge in [0.05, 0.1) is 16.4 Å². The van der Waals surface area contributed by atoms with Crippen molar-refractivity contribution in [2.24, 2.45) is 0 Å². The standard InChI is InChI=1S/C15H18O3S/c1-2-14(10-6-3-4-9-13-16)19(17,18)15-11-7-5-8-12-15/h4-5,7-9,11-12,16H,1,3,6,10,13H2/b9-4-. The molecule has 1 rings (SSSR count). The molecule has 3 nitrogen and oxygen atoms in total. The second-order valence-corrected chi connectivity index (χ2v) is 5.93. The number of sulfone groups is 1.